The van der Waals surface area contributed by atoms with E-state index in [0.717, 1.165) is 36.3 Å². The first kappa shape index (κ1) is 19.0. The molecule has 1 saturated heterocycles. The Balaban J connectivity index is 1.86. The normalized spacial score (nSPS) is 15.3. The monoisotopic (exact) mass is 365 g/mol. The number of likely N-dealkylation sites (tertiary alicyclic amines) is 1. The third-order valence-electron chi connectivity index (χ3n) is 5.06. The minimum absolute atomic E-state index is 0.0460. The molecular formula is C22H27N3O2. The largest absolute Gasteiger partial charge is 0.375 e. The lowest BCUT2D eigenvalue weighted by Gasteiger charge is -2.34. The molecule has 0 bridgehead atoms. The molecule has 5 heteroatoms. The van der Waals surface area contributed by atoms with Crippen LogP contribution in [-0.4, -0.2) is 36.9 Å². The Morgan fingerprint density at radius 1 is 1.15 bits per heavy atom. The highest BCUT2D eigenvalue weighted by Gasteiger charge is 2.32. The quantitative estimate of drug-likeness (QED) is 0.846. The summed E-state index contributed by atoms with van der Waals surface area (Å²) >= 11 is 0. The lowest BCUT2D eigenvalue weighted by Crippen LogP contribution is -2.43. The Labute approximate surface area is 161 Å². The second-order valence-electron chi connectivity index (χ2n) is 6.91. The highest BCUT2D eigenvalue weighted by atomic mass is 16.2. The topological polar surface area (TPSA) is 52.7 Å². The summed E-state index contributed by atoms with van der Waals surface area (Å²) in [6, 6.07) is 16.7. The molecule has 5 nitrogen and oxygen atoms in total. The van der Waals surface area contributed by atoms with Crippen molar-refractivity contribution in [3.63, 3.8) is 0 Å². The summed E-state index contributed by atoms with van der Waals surface area (Å²) in [5.41, 5.74) is 2.62. The van der Waals surface area contributed by atoms with Gasteiger partial charge in [0.15, 0.2) is 0 Å². The van der Waals surface area contributed by atoms with Crippen molar-refractivity contribution in [2.75, 3.05) is 30.4 Å². The van der Waals surface area contributed by atoms with Crippen LogP contribution in [0.4, 0.5) is 11.4 Å². The number of piperidine rings is 1. The van der Waals surface area contributed by atoms with E-state index >= 15 is 0 Å². The number of nitrogens with zero attached hydrogens (tertiary/aromatic N) is 2. The number of carbonyl (C=O) groups is 2. The molecule has 0 radical (unpaired) electrons. The fourth-order valence-corrected chi connectivity index (χ4v) is 3.42. The standard InChI is InChI=1S/C22H27N3O2/c1-3-24(2)19-13-9-12-18(16-19)23-22(27)21(17-10-5-4-6-11-17)25-15-8-7-14-20(25)26/h4-6,9-13,16,21H,3,7-8,14-15H2,1-2H3,(H,23,27). The van der Waals surface area contributed by atoms with E-state index in [9.17, 15) is 9.59 Å². The molecule has 0 saturated carbocycles. The second-order valence-corrected chi connectivity index (χ2v) is 6.91. The van der Waals surface area contributed by atoms with E-state index < -0.39 is 6.04 Å². The minimum Gasteiger partial charge on any atom is -0.375 e. The van der Waals surface area contributed by atoms with Crippen LogP contribution in [0.15, 0.2) is 54.6 Å². The number of hydrogen-bond acceptors (Lipinski definition) is 3. The van der Waals surface area contributed by atoms with Crippen molar-refractivity contribution in [3.05, 3.63) is 60.2 Å². The zero-order chi connectivity index (χ0) is 19.2. The van der Waals surface area contributed by atoms with E-state index in [1.54, 1.807) is 4.90 Å². The summed E-state index contributed by atoms with van der Waals surface area (Å²) in [7, 11) is 2.01. The van der Waals surface area contributed by atoms with Gasteiger partial charge in [0.2, 0.25) is 5.91 Å². The van der Waals surface area contributed by atoms with Gasteiger partial charge in [0, 0.05) is 37.9 Å². The van der Waals surface area contributed by atoms with Crippen LogP contribution in [-0.2, 0) is 9.59 Å². The number of hydrogen-bond donors (Lipinski definition) is 1. The highest BCUT2D eigenvalue weighted by molar-refractivity contribution is 5.98. The van der Waals surface area contributed by atoms with Crippen LogP contribution >= 0.6 is 0 Å². The van der Waals surface area contributed by atoms with Gasteiger partial charge in [-0.2, -0.15) is 0 Å². The van der Waals surface area contributed by atoms with Crippen molar-refractivity contribution in [1.29, 1.82) is 0 Å². The average Bonchev–Trinajstić information content (AvgIpc) is 2.70. The summed E-state index contributed by atoms with van der Waals surface area (Å²) in [6.45, 7) is 3.58. The molecule has 1 fully saturated rings. The van der Waals surface area contributed by atoms with Gasteiger partial charge >= 0.3 is 0 Å². The van der Waals surface area contributed by atoms with Crippen LogP contribution in [0.3, 0.4) is 0 Å². The lowest BCUT2D eigenvalue weighted by molar-refractivity contribution is -0.141. The maximum Gasteiger partial charge on any atom is 0.251 e. The number of nitrogens with one attached hydrogen (secondary N) is 1. The van der Waals surface area contributed by atoms with Crippen LogP contribution in [0.1, 0.15) is 37.8 Å². The predicted octanol–water partition coefficient (Wildman–Crippen LogP) is 3.84. The molecule has 1 aliphatic heterocycles. The van der Waals surface area contributed by atoms with Gasteiger partial charge in [-0.3, -0.25) is 9.59 Å². The van der Waals surface area contributed by atoms with Crippen LogP contribution in [0.25, 0.3) is 0 Å². The minimum atomic E-state index is -0.605. The predicted molar refractivity (Wildman–Crippen MR) is 109 cm³/mol. The second kappa shape index (κ2) is 8.71. The van der Waals surface area contributed by atoms with E-state index in [4.69, 9.17) is 0 Å². The molecule has 2 aromatic carbocycles. The maximum atomic E-state index is 13.2. The first-order chi connectivity index (χ1) is 13.1. The van der Waals surface area contributed by atoms with E-state index in [1.165, 1.54) is 0 Å². The summed E-state index contributed by atoms with van der Waals surface area (Å²) in [4.78, 5) is 29.5. The fraction of sp³-hybridized carbons (Fsp3) is 0.364. The van der Waals surface area contributed by atoms with Crippen molar-refractivity contribution in [2.45, 2.75) is 32.2 Å². The Morgan fingerprint density at radius 2 is 1.93 bits per heavy atom. The Kier molecular flexibility index (Phi) is 6.12. The molecule has 0 aliphatic carbocycles. The van der Waals surface area contributed by atoms with Gasteiger partial charge in [-0.05, 0) is 43.5 Å². The van der Waals surface area contributed by atoms with E-state index in [0.29, 0.717) is 13.0 Å². The van der Waals surface area contributed by atoms with E-state index in [2.05, 4.69) is 17.1 Å². The number of benzene rings is 2. The molecule has 0 spiro atoms. The number of amides is 2. The fourth-order valence-electron chi connectivity index (χ4n) is 3.42. The molecular weight excluding hydrogens is 338 g/mol. The molecule has 1 N–H and O–H groups in total. The van der Waals surface area contributed by atoms with Gasteiger partial charge in [-0.15, -0.1) is 0 Å². The molecule has 1 atom stereocenters. The van der Waals surface area contributed by atoms with E-state index in [-0.39, 0.29) is 11.8 Å². The van der Waals surface area contributed by atoms with Gasteiger partial charge < -0.3 is 15.1 Å². The van der Waals surface area contributed by atoms with E-state index in [1.807, 2.05) is 61.6 Å². The molecule has 142 valence electrons. The molecule has 1 unspecified atom stereocenters. The van der Waals surface area contributed by atoms with Gasteiger partial charge in [0.05, 0.1) is 0 Å². The number of anilines is 2. The Morgan fingerprint density at radius 3 is 2.63 bits per heavy atom. The van der Waals surface area contributed by atoms with Gasteiger partial charge in [0.25, 0.3) is 5.91 Å². The van der Waals surface area contributed by atoms with Crippen LogP contribution in [0.2, 0.25) is 0 Å². The third kappa shape index (κ3) is 4.48. The molecule has 27 heavy (non-hydrogen) atoms. The Bertz CT molecular complexity index is 791. The first-order valence-corrected chi connectivity index (χ1v) is 9.56. The first-order valence-electron chi connectivity index (χ1n) is 9.56. The molecule has 0 aromatic heterocycles. The summed E-state index contributed by atoms with van der Waals surface area (Å²) in [5.74, 6) is -0.127. The maximum absolute atomic E-state index is 13.2. The summed E-state index contributed by atoms with van der Waals surface area (Å²) in [5, 5.41) is 3.02. The zero-order valence-corrected chi connectivity index (χ0v) is 16.0. The van der Waals surface area contributed by atoms with Gasteiger partial charge in [-0.1, -0.05) is 36.4 Å². The third-order valence-corrected chi connectivity index (χ3v) is 5.06. The molecule has 3 rings (SSSR count). The van der Waals surface area contributed by atoms with Crippen molar-refractivity contribution >= 4 is 23.2 Å². The van der Waals surface area contributed by atoms with Crippen molar-refractivity contribution in [2.24, 2.45) is 0 Å². The smallest absolute Gasteiger partial charge is 0.251 e. The number of carbonyl (C=O) groups excluding carboxylic acids is 2. The molecule has 1 aliphatic rings. The molecule has 1 heterocycles. The lowest BCUT2D eigenvalue weighted by atomic mass is 10.0. The van der Waals surface area contributed by atoms with Crippen LogP contribution in [0.5, 0.6) is 0 Å². The van der Waals surface area contributed by atoms with Crippen molar-refractivity contribution in [3.8, 4) is 0 Å². The van der Waals surface area contributed by atoms with Crippen LogP contribution in [0, 0.1) is 0 Å². The molecule has 2 amide bonds. The van der Waals surface area contributed by atoms with Crippen molar-refractivity contribution < 1.29 is 9.59 Å². The molecule has 2 aromatic rings. The summed E-state index contributed by atoms with van der Waals surface area (Å²) in [6.07, 6.45) is 2.33. The zero-order valence-electron chi connectivity index (χ0n) is 16.0. The van der Waals surface area contributed by atoms with Gasteiger partial charge in [-0.25, -0.2) is 0 Å². The van der Waals surface area contributed by atoms with Crippen molar-refractivity contribution in [1.82, 2.24) is 4.90 Å². The van der Waals surface area contributed by atoms with Gasteiger partial charge in [0.1, 0.15) is 6.04 Å². The number of rotatable bonds is 6. The highest BCUT2D eigenvalue weighted by Crippen LogP contribution is 2.27. The van der Waals surface area contributed by atoms with Crippen LogP contribution < -0.4 is 10.2 Å². The summed E-state index contributed by atoms with van der Waals surface area (Å²) < 4.78 is 0. The Hall–Kier alpha value is -2.82. The SMILES string of the molecule is CCN(C)c1cccc(NC(=O)C(c2ccccc2)N2CCCCC2=O)c1. The average molecular weight is 365 g/mol.